The molecule has 2 N–H and O–H groups in total. The number of piperazine rings is 1. The van der Waals surface area contributed by atoms with Crippen molar-refractivity contribution in [3.8, 4) is 17.3 Å². The lowest BCUT2D eigenvalue weighted by Crippen LogP contribution is -2.57. The van der Waals surface area contributed by atoms with Crippen LogP contribution in [0.3, 0.4) is 0 Å². The van der Waals surface area contributed by atoms with Crippen LogP contribution in [0, 0.1) is 29.0 Å². The zero-order valence-electron chi connectivity index (χ0n) is 24.5. The highest BCUT2D eigenvalue weighted by atomic mass is 32.1. The number of ether oxygens (including phenoxy) is 1. The van der Waals surface area contributed by atoms with Gasteiger partial charge < -0.3 is 29.9 Å². The predicted octanol–water partition coefficient (Wildman–Crippen LogP) is 2.74. The molecule has 42 heavy (non-hydrogen) atoms. The molecule has 0 radical (unpaired) electrons. The third-order valence-electron chi connectivity index (χ3n) is 8.66. The van der Waals surface area contributed by atoms with Crippen molar-refractivity contribution >= 4 is 28.3 Å². The molecule has 0 bridgehead atoms. The van der Waals surface area contributed by atoms with E-state index in [9.17, 15) is 20.0 Å². The number of amides is 2. The number of nitrogens with zero attached hydrogens (tertiary/aromatic N) is 5. The van der Waals surface area contributed by atoms with Crippen LogP contribution in [0.15, 0.2) is 23.6 Å². The summed E-state index contributed by atoms with van der Waals surface area (Å²) in [7, 11) is 2.08. The van der Waals surface area contributed by atoms with Crippen molar-refractivity contribution in [1.82, 2.24) is 20.1 Å². The highest BCUT2D eigenvalue weighted by Gasteiger charge is 2.59. The Morgan fingerprint density at radius 1 is 1.31 bits per heavy atom. The Hall–Kier alpha value is -3.11. The Balaban J connectivity index is 1.32. The van der Waals surface area contributed by atoms with Crippen LogP contribution in [-0.4, -0.2) is 102 Å². The number of aliphatic hydroxyl groups is 1. The van der Waals surface area contributed by atoms with Gasteiger partial charge in [0.1, 0.15) is 17.5 Å². The van der Waals surface area contributed by atoms with Gasteiger partial charge in [-0.1, -0.05) is 20.8 Å². The average Bonchev–Trinajstić information content (AvgIpc) is 3.69. The number of hydrogen-bond donors (Lipinski definition) is 2. The zero-order valence-corrected chi connectivity index (χ0v) is 25.4. The van der Waals surface area contributed by atoms with Gasteiger partial charge in [-0.15, -0.1) is 11.3 Å². The molecule has 5 unspecified atom stereocenters. The van der Waals surface area contributed by atoms with Gasteiger partial charge in [0.25, 0.3) is 5.91 Å². The summed E-state index contributed by atoms with van der Waals surface area (Å²) < 4.78 is 21.1. The lowest BCUT2D eigenvalue weighted by atomic mass is 9.89. The Kier molecular flexibility index (Phi) is 8.85. The van der Waals surface area contributed by atoms with Gasteiger partial charge in [0.15, 0.2) is 5.13 Å². The summed E-state index contributed by atoms with van der Waals surface area (Å²) in [5.74, 6) is -2.03. The lowest BCUT2D eigenvalue weighted by molar-refractivity contribution is -0.139. The molecule has 5 atom stereocenters. The smallest absolute Gasteiger partial charge is 0.252 e. The maximum Gasteiger partial charge on any atom is 0.252 e. The van der Waals surface area contributed by atoms with Crippen LogP contribution in [0.2, 0.25) is 0 Å². The maximum atomic E-state index is 15.3. The molecule has 0 aliphatic carbocycles. The van der Waals surface area contributed by atoms with Gasteiger partial charge in [0, 0.05) is 49.2 Å². The van der Waals surface area contributed by atoms with Crippen LogP contribution >= 0.6 is 11.3 Å². The number of likely N-dealkylation sites (tertiary alicyclic amines) is 1. The molecule has 1 aromatic heterocycles. The monoisotopic (exact) mass is 598 g/mol. The first-order valence-corrected chi connectivity index (χ1v) is 15.5. The van der Waals surface area contributed by atoms with Gasteiger partial charge in [-0.2, -0.15) is 5.26 Å². The quantitative estimate of drug-likeness (QED) is 0.476. The number of halogens is 1. The van der Waals surface area contributed by atoms with Crippen LogP contribution < -0.4 is 10.2 Å². The van der Waals surface area contributed by atoms with Gasteiger partial charge in [-0.05, 0) is 44.0 Å². The summed E-state index contributed by atoms with van der Waals surface area (Å²) in [5, 5.41) is 26.4. The van der Waals surface area contributed by atoms with Gasteiger partial charge in [-0.25, -0.2) is 9.37 Å². The fraction of sp³-hybridized carbons (Fsp3) is 0.600. The molecule has 3 aliphatic rings. The first kappa shape index (κ1) is 30.4. The van der Waals surface area contributed by atoms with Crippen LogP contribution in [-0.2, 0) is 9.53 Å². The van der Waals surface area contributed by atoms with E-state index in [1.165, 1.54) is 28.4 Å². The number of carbonyl (C=O) groups excluding carboxylic acids is 2. The van der Waals surface area contributed by atoms with E-state index in [0.29, 0.717) is 24.1 Å². The largest absolute Gasteiger partial charge is 0.385 e. The van der Waals surface area contributed by atoms with Crippen LogP contribution in [0.25, 0.3) is 11.3 Å². The highest BCUT2D eigenvalue weighted by molar-refractivity contribution is 7.14. The van der Waals surface area contributed by atoms with E-state index in [-0.39, 0.29) is 30.5 Å². The molecular weight excluding hydrogens is 559 g/mol. The number of nitrogens with one attached hydrogen (secondary N) is 1. The fourth-order valence-electron chi connectivity index (χ4n) is 6.14. The number of thiazole rings is 1. The van der Waals surface area contributed by atoms with E-state index in [4.69, 9.17) is 4.74 Å². The normalized spacial score (nSPS) is 26.8. The third kappa shape index (κ3) is 5.88. The molecular formula is C30H39FN6O4S. The van der Waals surface area contributed by atoms with Crippen molar-refractivity contribution in [2.45, 2.75) is 57.4 Å². The third-order valence-corrected chi connectivity index (χ3v) is 9.56. The minimum Gasteiger partial charge on any atom is -0.385 e. The van der Waals surface area contributed by atoms with E-state index in [0.717, 1.165) is 31.3 Å². The van der Waals surface area contributed by atoms with E-state index in [2.05, 4.69) is 33.2 Å². The van der Waals surface area contributed by atoms with Gasteiger partial charge in [-0.3, -0.25) is 9.59 Å². The highest BCUT2D eigenvalue weighted by Crippen LogP contribution is 2.41. The average molecular weight is 599 g/mol. The van der Waals surface area contributed by atoms with E-state index < -0.39 is 41.4 Å². The number of anilines is 1. The second-order valence-corrected chi connectivity index (χ2v) is 12.9. The minimum absolute atomic E-state index is 0.0451. The first-order chi connectivity index (χ1) is 20.0. The van der Waals surface area contributed by atoms with Crippen molar-refractivity contribution in [3.63, 3.8) is 0 Å². The summed E-state index contributed by atoms with van der Waals surface area (Å²) in [4.78, 5) is 37.8. The van der Waals surface area contributed by atoms with E-state index in [1.807, 2.05) is 26.2 Å². The molecule has 10 nitrogen and oxygen atoms in total. The van der Waals surface area contributed by atoms with E-state index >= 15 is 4.39 Å². The van der Waals surface area contributed by atoms with Crippen molar-refractivity contribution in [3.05, 3.63) is 35.0 Å². The molecule has 2 amide bonds. The van der Waals surface area contributed by atoms with Crippen LogP contribution in [0.4, 0.5) is 9.52 Å². The van der Waals surface area contributed by atoms with Gasteiger partial charge >= 0.3 is 0 Å². The molecule has 2 aromatic rings. The molecule has 3 fully saturated rings. The summed E-state index contributed by atoms with van der Waals surface area (Å²) in [6.45, 7) is 9.47. The molecule has 12 heteroatoms. The number of rotatable bonds is 8. The SMILES string of the molecule is CCC1(O)COC2C(C#N)CN(C(=O)C(CC(C)C)NC(=O)c3ccc(-c4csc(N5CCN(C)CC5)n4)c(F)c3)C21. The Labute approximate surface area is 250 Å². The Morgan fingerprint density at radius 2 is 2.05 bits per heavy atom. The molecule has 1 aromatic carbocycles. The number of benzene rings is 1. The predicted molar refractivity (Wildman–Crippen MR) is 158 cm³/mol. The number of fused-ring (bicyclic) bond motifs is 1. The van der Waals surface area contributed by atoms with Gasteiger partial charge in [0.2, 0.25) is 5.91 Å². The van der Waals surface area contributed by atoms with Crippen LogP contribution in [0.1, 0.15) is 44.0 Å². The minimum atomic E-state index is -1.27. The van der Waals surface area contributed by atoms with Crippen molar-refractivity contribution in [2.24, 2.45) is 11.8 Å². The number of nitriles is 1. The molecule has 5 rings (SSSR count). The Morgan fingerprint density at radius 3 is 2.69 bits per heavy atom. The molecule has 226 valence electrons. The van der Waals surface area contributed by atoms with E-state index in [1.54, 1.807) is 6.07 Å². The second kappa shape index (κ2) is 12.2. The first-order valence-electron chi connectivity index (χ1n) is 14.6. The van der Waals surface area contributed by atoms with Gasteiger partial charge in [0.05, 0.1) is 36.4 Å². The molecule has 3 aliphatic heterocycles. The zero-order chi connectivity index (χ0) is 30.2. The van der Waals surface area contributed by atoms with Crippen LogP contribution in [0.5, 0.6) is 0 Å². The molecule has 3 saturated heterocycles. The van der Waals surface area contributed by atoms with Crippen molar-refractivity contribution in [1.29, 1.82) is 5.26 Å². The number of aromatic nitrogens is 1. The topological polar surface area (TPSA) is 122 Å². The Bertz CT molecular complexity index is 1360. The number of hydrogen-bond acceptors (Lipinski definition) is 9. The van der Waals surface area contributed by atoms with Crippen molar-refractivity contribution in [2.75, 3.05) is 51.3 Å². The number of likely N-dealkylation sites (N-methyl/N-ethyl adjacent to an activating group) is 1. The number of carbonyl (C=O) groups is 2. The maximum absolute atomic E-state index is 15.3. The molecule has 0 spiro atoms. The summed E-state index contributed by atoms with van der Waals surface area (Å²) in [5.41, 5.74) is -0.347. The fourth-order valence-corrected chi connectivity index (χ4v) is 7.02. The lowest BCUT2D eigenvalue weighted by Gasteiger charge is -2.36. The summed E-state index contributed by atoms with van der Waals surface area (Å²) in [6.07, 6.45) is 0.123. The summed E-state index contributed by atoms with van der Waals surface area (Å²) in [6, 6.07) is 4.89. The molecule has 4 heterocycles. The molecule has 0 saturated carbocycles. The standard InChI is InChI=1S/C30H39FN6O4S/c1-5-30(40)17-41-25-20(14-32)15-37(26(25)30)28(39)23(12-18(2)3)33-27(38)19-6-7-21(22(31)13-19)24-16-42-29(34-24)36-10-8-35(4)9-11-36/h6-7,13,16,18,20,23,25-26,40H,5,8-12,15,17H2,1-4H3,(H,33,38). The summed E-state index contributed by atoms with van der Waals surface area (Å²) >= 11 is 1.47. The second-order valence-electron chi connectivity index (χ2n) is 12.1. The van der Waals surface area contributed by atoms with Crippen molar-refractivity contribution < 1.29 is 23.8 Å².